The number of rotatable bonds is 6. The fraction of sp³-hybridized carbons (Fsp3) is 0.733. The van der Waals surface area contributed by atoms with E-state index in [1.54, 1.807) is 0 Å². The fourth-order valence-corrected chi connectivity index (χ4v) is 2.98. The molecule has 1 unspecified atom stereocenters. The molecule has 1 saturated heterocycles. The minimum Gasteiger partial charge on any atom is -0.369 e. The van der Waals surface area contributed by atoms with E-state index in [1.807, 2.05) is 6.92 Å². The van der Waals surface area contributed by atoms with Crippen LogP contribution in [0.4, 0.5) is 11.6 Å². The summed E-state index contributed by atoms with van der Waals surface area (Å²) in [5.74, 6) is 9.44. The summed E-state index contributed by atoms with van der Waals surface area (Å²) in [5.41, 5.74) is 3.71. The zero-order valence-electron chi connectivity index (χ0n) is 13.0. The van der Waals surface area contributed by atoms with Gasteiger partial charge in [0.25, 0.3) is 0 Å². The van der Waals surface area contributed by atoms with E-state index in [0.29, 0.717) is 11.8 Å². The molecule has 1 aromatic rings. The molecule has 0 amide bonds. The van der Waals surface area contributed by atoms with Gasteiger partial charge in [0.2, 0.25) is 0 Å². The van der Waals surface area contributed by atoms with Gasteiger partial charge in [-0.05, 0) is 45.2 Å². The number of nitrogens with one attached hydrogen (secondary N) is 2. The first-order valence-electron chi connectivity index (χ1n) is 8.02. The third-order valence-electron chi connectivity index (χ3n) is 4.62. The highest BCUT2D eigenvalue weighted by Crippen LogP contribution is 2.39. The van der Waals surface area contributed by atoms with Crippen LogP contribution in [0.3, 0.4) is 0 Å². The number of hydrazine groups is 1. The summed E-state index contributed by atoms with van der Waals surface area (Å²) in [7, 11) is 0. The molecule has 1 atom stereocenters. The van der Waals surface area contributed by atoms with Crippen LogP contribution in [-0.4, -0.2) is 41.0 Å². The molecule has 116 valence electrons. The van der Waals surface area contributed by atoms with Crippen molar-refractivity contribution in [2.45, 2.75) is 39.0 Å². The maximum absolute atomic E-state index is 5.59. The van der Waals surface area contributed by atoms with Crippen molar-refractivity contribution in [3.05, 3.63) is 11.4 Å². The zero-order valence-corrected chi connectivity index (χ0v) is 13.0. The van der Waals surface area contributed by atoms with Gasteiger partial charge in [-0.1, -0.05) is 6.92 Å². The Morgan fingerprint density at radius 3 is 2.62 bits per heavy atom. The Hall–Kier alpha value is -1.40. The van der Waals surface area contributed by atoms with E-state index in [4.69, 9.17) is 10.8 Å². The molecule has 2 fully saturated rings. The quantitative estimate of drug-likeness (QED) is 0.547. The van der Waals surface area contributed by atoms with Gasteiger partial charge in [-0.2, -0.15) is 0 Å². The molecule has 0 radical (unpaired) electrons. The van der Waals surface area contributed by atoms with Gasteiger partial charge in [0.1, 0.15) is 17.5 Å². The molecule has 0 bridgehead atoms. The summed E-state index contributed by atoms with van der Waals surface area (Å²) in [6, 6.07) is 0. The van der Waals surface area contributed by atoms with Crippen LogP contribution in [0, 0.1) is 12.8 Å². The van der Waals surface area contributed by atoms with Crippen molar-refractivity contribution >= 4 is 11.6 Å². The van der Waals surface area contributed by atoms with Crippen molar-refractivity contribution in [1.82, 2.24) is 14.9 Å². The lowest BCUT2D eigenvalue weighted by atomic mass is 10.1. The second kappa shape index (κ2) is 6.15. The number of nitrogen functional groups attached to an aromatic ring is 1. The van der Waals surface area contributed by atoms with Gasteiger partial charge in [-0.3, -0.25) is 0 Å². The number of hydrogen-bond acceptors (Lipinski definition) is 6. The fourth-order valence-electron chi connectivity index (χ4n) is 2.98. The zero-order chi connectivity index (χ0) is 14.8. The molecule has 1 aromatic heterocycles. The average molecular weight is 290 g/mol. The minimum atomic E-state index is 0.528. The van der Waals surface area contributed by atoms with Crippen LogP contribution in [0.25, 0.3) is 0 Å². The van der Waals surface area contributed by atoms with E-state index < -0.39 is 0 Å². The Bertz CT molecular complexity index is 499. The second-order valence-corrected chi connectivity index (χ2v) is 6.25. The number of nitrogens with two attached hydrogens (primary N) is 1. The first-order valence-corrected chi connectivity index (χ1v) is 8.02. The highest BCUT2D eigenvalue weighted by molar-refractivity contribution is 5.57. The Morgan fingerprint density at radius 1 is 1.24 bits per heavy atom. The number of likely N-dealkylation sites (tertiary alicyclic amines) is 1. The summed E-state index contributed by atoms with van der Waals surface area (Å²) in [5, 5.41) is 3.52. The molecule has 6 nitrogen and oxygen atoms in total. The molecular formula is C15H26N6. The van der Waals surface area contributed by atoms with Crippen LogP contribution in [0.2, 0.25) is 0 Å². The standard InChI is InChI=1S/C15H26N6/c1-3-21-7-6-11(9-21)8-17-13-10(2)14(20-16)19-15(18-13)12-4-5-12/h11-12H,3-9,16H2,1-2H3,(H2,17,18,19,20). The summed E-state index contributed by atoms with van der Waals surface area (Å²) >= 11 is 0. The highest BCUT2D eigenvalue weighted by atomic mass is 15.3. The van der Waals surface area contributed by atoms with Gasteiger partial charge in [0, 0.05) is 24.6 Å². The van der Waals surface area contributed by atoms with Crippen LogP contribution in [0.15, 0.2) is 0 Å². The van der Waals surface area contributed by atoms with E-state index in [0.717, 1.165) is 36.1 Å². The van der Waals surface area contributed by atoms with Crippen LogP contribution >= 0.6 is 0 Å². The van der Waals surface area contributed by atoms with Crippen molar-refractivity contribution in [2.24, 2.45) is 11.8 Å². The van der Waals surface area contributed by atoms with Gasteiger partial charge < -0.3 is 15.6 Å². The Labute approximate surface area is 126 Å². The second-order valence-electron chi connectivity index (χ2n) is 6.25. The molecule has 1 aliphatic heterocycles. The predicted molar refractivity (Wildman–Crippen MR) is 85.3 cm³/mol. The Balaban J connectivity index is 1.68. The first-order chi connectivity index (χ1) is 10.2. The SMILES string of the molecule is CCN1CCC(CNc2nc(C3CC3)nc(NN)c2C)C1. The number of anilines is 2. The van der Waals surface area contributed by atoms with E-state index in [9.17, 15) is 0 Å². The van der Waals surface area contributed by atoms with Crippen LogP contribution in [-0.2, 0) is 0 Å². The molecule has 0 aromatic carbocycles. The molecule has 0 spiro atoms. The third-order valence-corrected chi connectivity index (χ3v) is 4.62. The lowest BCUT2D eigenvalue weighted by molar-refractivity contribution is 0.345. The monoisotopic (exact) mass is 290 g/mol. The summed E-state index contributed by atoms with van der Waals surface area (Å²) < 4.78 is 0. The summed E-state index contributed by atoms with van der Waals surface area (Å²) in [6.07, 6.45) is 3.66. The summed E-state index contributed by atoms with van der Waals surface area (Å²) in [6.45, 7) is 8.77. The molecule has 1 aliphatic carbocycles. The maximum atomic E-state index is 5.59. The smallest absolute Gasteiger partial charge is 0.148 e. The molecule has 2 heterocycles. The average Bonchev–Trinajstić information content (AvgIpc) is 3.25. The van der Waals surface area contributed by atoms with Gasteiger partial charge in [-0.15, -0.1) is 0 Å². The molecular weight excluding hydrogens is 264 g/mol. The van der Waals surface area contributed by atoms with E-state index in [1.165, 1.54) is 32.4 Å². The van der Waals surface area contributed by atoms with Crippen molar-refractivity contribution in [3.63, 3.8) is 0 Å². The van der Waals surface area contributed by atoms with Crippen molar-refractivity contribution < 1.29 is 0 Å². The predicted octanol–water partition coefficient (Wildman–Crippen LogP) is 1.70. The van der Waals surface area contributed by atoms with E-state index in [2.05, 4.69) is 27.6 Å². The molecule has 21 heavy (non-hydrogen) atoms. The van der Waals surface area contributed by atoms with Crippen molar-refractivity contribution in [2.75, 3.05) is 36.9 Å². The number of aromatic nitrogens is 2. The van der Waals surface area contributed by atoms with Crippen molar-refractivity contribution in [1.29, 1.82) is 0 Å². The maximum Gasteiger partial charge on any atom is 0.148 e. The molecule has 3 rings (SSSR count). The topological polar surface area (TPSA) is 79.1 Å². The van der Waals surface area contributed by atoms with Gasteiger partial charge in [-0.25, -0.2) is 15.8 Å². The normalized spacial score (nSPS) is 22.5. The lowest BCUT2D eigenvalue weighted by Crippen LogP contribution is -2.23. The Morgan fingerprint density at radius 2 is 2.00 bits per heavy atom. The molecule has 6 heteroatoms. The minimum absolute atomic E-state index is 0.528. The molecule has 1 saturated carbocycles. The van der Waals surface area contributed by atoms with Gasteiger partial charge in [0.15, 0.2) is 0 Å². The molecule has 4 N–H and O–H groups in total. The first kappa shape index (κ1) is 14.5. The number of hydrogen-bond donors (Lipinski definition) is 3. The number of nitrogens with zero attached hydrogens (tertiary/aromatic N) is 3. The van der Waals surface area contributed by atoms with Crippen LogP contribution < -0.4 is 16.6 Å². The van der Waals surface area contributed by atoms with E-state index in [-0.39, 0.29) is 0 Å². The molecule has 2 aliphatic rings. The van der Waals surface area contributed by atoms with Gasteiger partial charge in [0.05, 0.1) is 0 Å². The lowest BCUT2D eigenvalue weighted by Gasteiger charge is -2.17. The summed E-state index contributed by atoms with van der Waals surface area (Å²) in [4.78, 5) is 11.7. The highest BCUT2D eigenvalue weighted by Gasteiger charge is 2.28. The third kappa shape index (κ3) is 3.27. The van der Waals surface area contributed by atoms with Crippen LogP contribution in [0.1, 0.15) is 43.5 Å². The Kier molecular flexibility index (Phi) is 4.26. The van der Waals surface area contributed by atoms with Crippen molar-refractivity contribution in [3.8, 4) is 0 Å². The van der Waals surface area contributed by atoms with Crippen LogP contribution in [0.5, 0.6) is 0 Å². The largest absolute Gasteiger partial charge is 0.369 e. The van der Waals surface area contributed by atoms with Gasteiger partial charge >= 0.3 is 0 Å². The van der Waals surface area contributed by atoms with E-state index >= 15 is 0 Å².